The topological polar surface area (TPSA) is 119 Å². The molecule has 3 amide bonds. The standard InChI is InChI=1S/C24H22ClN3O7S/c1-34-19-11-16(10-18(25)22(19)35-14-15-5-4-6-17(9-15)28(32)33)12-20-23(30)27(24(31)36-20)13-21(29)26-7-2-3-8-26/h4-6,9-12H,2-3,7-8,13-14H2,1H3/b20-12+. The number of carbonyl (C=O) groups excluding carboxylic acids is 3. The van der Waals surface area contributed by atoms with Gasteiger partial charge < -0.3 is 14.4 Å². The first-order valence-electron chi connectivity index (χ1n) is 11.0. The van der Waals surface area contributed by atoms with Crippen LogP contribution in [0.2, 0.25) is 5.02 Å². The van der Waals surface area contributed by atoms with Crippen LogP contribution in [0.5, 0.6) is 11.5 Å². The van der Waals surface area contributed by atoms with E-state index in [1.165, 1.54) is 25.3 Å². The van der Waals surface area contributed by atoms with E-state index in [1.54, 1.807) is 29.2 Å². The maximum Gasteiger partial charge on any atom is 0.294 e. The summed E-state index contributed by atoms with van der Waals surface area (Å²) in [7, 11) is 1.42. The molecule has 0 saturated carbocycles. The molecule has 2 aliphatic heterocycles. The fourth-order valence-corrected chi connectivity index (χ4v) is 4.98. The number of methoxy groups -OCH3 is 1. The molecule has 4 rings (SSSR count). The van der Waals surface area contributed by atoms with Crippen molar-refractivity contribution in [1.82, 2.24) is 9.80 Å². The molecule has 0 bridgehead atoms. The van der Waals surface area contributed by atoms with Crippen molar-refractivity contribution in [2.45, 2.75) is 19.4 Å². The quantitative estimate of drug-likeness (QED) is 0.277. The predicted molar refractivity (Wildman–Crippen MR) is 134 cm³/mol. The van der Waals surface area contributed by atoms with Gasteiger partial charge in [0.2, 0.25) is 5.91 Å². The van der Waals surface area contributed by atoms with Gasteiger partial charge in [0.1, 0.15) is 13.2 Å². The van der Waals surface area contributed by atoms with Gasteiger partial charge in [-0.05, 0) is 53.9 Å². The van der Waals surface area contributed by atoms with E-state index < -0.39 is 16.1 Å². The molecule has 36 heavy (non-hydrogen) atoms. The second kappa shape index (κ2) is 11.0. The highest BCUT2D eigenvalue weighted by Crippen LogP contribution is 2.39. The Labute approximate surface area is 215 Å². The first-order valence-corrected chi connectivity index (χ1v) is 12.2. The molecule has 2 aliphatic rings. The number of rotatable bonds is 8. The van der Waals surface area contributed by atoms with Crippen molar-refractivity contribution in [1.29, 1.82) is 0 Å². The monoisotopic (exact) mass is 531 g/mol. The lowest BCUT2D eigenvalue weighted by Gasteiger charge is -2.18. The van der Waals surface area contributed by atoms with Crippen LogP contribution in [0, 0.1) is 10.1 Å². The zero-order valence-electron chi connectivity index (χ0n) is 19.3. The van der Waals surface area contributed by atoms with Crippen LogP contribution < -0.4 is 9.47 Å². The maximum absolute atomic E-state index is 12.8. The highest BCUT2D eigenvalue weighted by molar-refractivity contribution is 8.18. The number of imide groups is 1. The Morgan fingerprint density at radius 2 is 1.97 bits per heavy atom. The van der Waals surface area contributed by atoms with Crippen LogP contribution >= 0.6 is 23.4 Å². The second-order valence-electron chi connectivity index (χ2n) is 8.11. The highest BCUT2D eigenvalue weighted by Gasteiger charge is 2.37. The van der Waals surface area contributed by atoms with Gasteiger partial charge in [0.25, 0.3) is 16.8 Å². The van der Waals surface area contributed by atoms with Gasteiger partial charge in [0, 0.05) is 25.2 Å². The number of amides is 3. The molecule has 0 unspecified atom stereocenters. The minimum Gasteiger partial charge on any atom is -0.493 e. The lowest BCUT2D eigenvalue weighted by atomic mass is 10.1. The number of hydrogen-bond acceptors (Lipinski definition) is 8. The third kappa shape index (κ3) is 5.63. The van der Waals surface area contributed by atoms with E-state index in [2.05, 4.69) is 0 Å². The number of ether oxygens (including phenoxy) is 2. The molecule has 188 valence electrons. The highest BCUT2D eigenvalue weighted by atomic mass is 35.5. The number of benzene rings is 2. The van der Waals surface area contributed by atoms with Gasteiger partial charge in [-0.15, -0.1) is 0 Å². The van der Waals surface area contributed by atoms with Gasteiger partial charge in [0.15, 0.2) is 11.5 Å². The summed E-state index contributed by atoms with van der Waals surface area (Å²) >= 11 is 7.17. The molecule has 12 heteroatoms. The molecular formula is C24H22ClN3O7S. The van der Waals surface area contributed by atoms with Crippen LogP contribution in [0.3, 0.4) is 0 Å². The molecule has 0 spiro atoms. The smallest absolute Gasteiger partial charge is 0.294 e. The van der Waals surface area contributed by atoms with E-state index >= 15 is 0 Å². The van der Waals surface area contributed by atoms with Crippen LogP contribution in [0.25, 0.3) is 6.08 Å². The van der Waals surface area contributed by atoms with E-state index in [0.717, 1.165) is 29.5 Å². The molecule has 0 aliphatic carbocycles. The van der Waals surface area contributed by atoms with E-state index in [1.807, 2.05) is 0 Å². The van der Waals surface area contributed by atoms with Crippen LogP contribution in [0.15, 0.2) is 41.3 Å². The van der Waals surface area contributed by atoms with Gasteiger partial charge in [-0.2, -0.15) is 0 Å². The Bertz CT molecular complexity index is 1260. The first kappa shape index (κ1) is 25.5. The van der Waals surface area contributed by atoms with Crippen molar-refractivity contribution in [2.24, 2.45) is 0 Å². The predicted octanol–water partition coefficient (Wildman–Crippen LogP) is 4.49. The Morgan fingerprint density at radius 3 is 2.67 bits per heavy atom. The van der Waals surface area contributed by atoms with E-state index in [9.17, 15) is 24.5 Å². The zero-order chi connectivity index (χ0) is 25.8. The fraction of sp³-hybridized carbons (Fsp3) is 0.292. The van der Waals surface area contributed by atoms with E-state index in [-0.39, 0.29) is 46.2 Å². The average molecular weight is 532 g/mol. The molecule has 2 fully saturated rings. The molecule has 0 radical (unpaired) electrons. The van der Waals surface area contributed by atoms with Gasteiger partial charge in [-0.3, -0.25) is 29.4 Å². The summed E-state index contributed by atoms with van der Waals surface area (Å²) in [4.78, 5) is 50.9. The zero-order valence-corrected chi connectivity index (χ0v) is 20.8. The molecule has 2 aromatic carbocycles. The van der Waals surface area contributed by atoms with Crippen molar-refractivity contribution in [2.75, 3.05) is 26.7 Å². The summed E-state index contributed by atoms with van der Waals surface area (Å²) in [5, 5.41) is 10.7. The number of non-ortho nitro benzene ring substituents is 1. The number of nitrogens with zero attached hydrogens (tertiary/aromatic N) is 3. The number of thioether (sulfide) groups is 1. The van der Waals surface area contributed by atoms with Crippen LogP contribution in [0.1, 0.15) is 24.0 Å². The summed E-state index contributed by atoms with van der Waals surface area (Å²) in [5.41, 5.74) is 1.01. The van der Waals surface area contributed by atoms with Gasteiger partial charge >= 0.3 is 0 Å². The number of hydrogen-bond donors (Lipinski definition) is 0. The van der Waals surface area contributed by atoms with Crippen molar-refractivity contribution in [3.8, 4) is 11.5 Å². The van der Waals surface area contributed by atoms with Gasteiger partial charge in [-0.25, -0.2) is 0 Å². The van der Waals surface area contributed by atoms with E-state index in [0.29, 0.717) is 24.2 Å². The molecular weight excluding hydrogens is 510 g/mol. The molecule has 2 heterocycles. The number of nitro groups is 1. The van der Waals surface area contributed by atoms with Crippen molar-refractivity contribution in [3.05, 3.63) is 67.6 Å². The first-order chi connectivity index (χ1) is 17.3. The Hall–Kier alpha value is -3.57. The minimum atomic E-state index is -0.543. The third-order valence-corrected chi connectivity index (χ3v) is 6.87. The normalized spacial score (nSPS) is 16.7. The summed E-state index contributed by atoms with van der Waals surface area (Å²) in [5.74, 6) is -0.278. The number of nitro benzene ring substituents is 1. The Balaban J connectivity index is 1.49. The largest absolute Gasteiger partial charge is 0.493 e. The minimum absolute atomic E-state index is 0.0149. The summed E-state index contributed by atoms with van der Waals surface area (Å²) in [6.45, 7) is 1.01. The van der Waals surface area contributed by atoms with Crippen molar-refractivity contribution < 1.29 is 28.8 Å². The number of halogens is 1. The lowest BCUT2D eigenvalue weighted by molar-refractivity contribution is -0.384. The van der Waals surface area contributed by atoms with Crippen LogP contribution in [0.4, 0.5) is 10.5 Å². The SMILES string of the molecule is COc1cc(/C=C2/SC(=O)N(CC(=O)N3CCCC3)C2=O)cc(Cl)c1OCc1cccc([N+](=O)[O-])c1. The van der Waals surface area contributed by atoms with Gasteiger partial charge in [-0.1, -0.05) is 23.7 Å². The molecule has 0 atom stereocenters. The fourth-order valence-electron chi connectivity index (χ4n) is 3.87. The summed E-state index contributed by atoms with van der Waals surface area (Å²) < 4.78 is 11.2. The summed E-state index contributed by atoms with van der Waals surface area (Å²) in [6, 6.07) is 9.18. The Morgan fingerprint density at radius 1 is 1.22 bits per heavy atom. The number of likely N-dealkylation sites (tertiary alicyclic amines) is 1. The van der Waals surface area contributed by atoms with Crippen molar-refractivity contribution >= 4 is 52.2 Å². The third-order valence-electron chi connectivity index (χ3n) is 5.68. The van der Waals surface area contributed by atoms with E-state index in [4.69, 9.17) is 21.1 Å². The van der Waals surface area contributed by atoms with Gasteiger partial charge in [0.05, 0.1) is 22.0 Å². The Kier molecular flexibility index (Phi) is 7.80. The molecule has 2 saturated heterocycles. The second-order valence-corrected chi connectivity index (χ2v) is 9.51. The van der Waals surface area contributed by atoms with Crippen molar-refractivity contribution in [3.63, 3.8) is 0 Å². The molecule has 0 N–H and O–H groups in total. The average Bonchev–Trinajstić information content (AvgIpc) is 3.48. The maximum atomic E-state index is 12.8. The molecule has 2 aromatic rings. The summed E-state index contributed by atoms with van der Waals surface area (Å²) in [6.07, 6.45) is 3.34. The molecule has 0 aromatic heterocycles. The molecule has 10 nitrogen and oxygen atoms in total. The van der Waals surface area contributed by atoms with Crippen LogP contribution in [-0.2, 0) is 16.2 Å². The lowest BCUT2D eigenvalue weighted by Crippen LogP contribution is -2.40. The van der Waals surface area contributed by atoms with Crippen LogP contribution in [-0.4, -0.2) is 58.5 Å². The number of carbonyl (C=O) groups is 3.